The number of nitro groups is 1. The molecule has 1 heterocycles. The lowest BCUT2D eigenvalue weighted by molar-refractivity contribution is -0.384. The van der Waals surface area contributed by atoms with Gasteiger partial charge < -0.3 is 5.73 Å². The highest BCUT2D eigenvalue weighted by Gasteiger charge is 2.10. The van der Waals surface area contributed by atoms with Crippen LogP contribution in [0.25, 0.3) is 5.69 Å². The van der Waals surface area contributed by atoms with Crippen LogP contribution in [0.1, 0.15) is 24.1 Å². The highest BCUT2D eigenvalue weighted by atomic mass is 16.6. The van der Waals surface area contributed by atoms with Crippen LogP contribution in [0.3, 0.4) is 0 Å². The van der Waals surface area contributed by atoms with Gasteiger partial charge in [0, 0.05) is 12.1 Å². The molecule has 2 N–H and O–H groups in total. The average molecular weight is 275 g/mol. The zero-order chi connectivity index (χ0) is 14.5. The first-order valence-electron chi connectivity index (χ1n) is 6.48. The van der Waals surface area contributed by atoms with Crippen molar-refractivity contribution in [3.05, 3.63) is 45.8 Å². The quantitative estimate of drug-likeness (QED) is 0.492. The van der Waals surface area contributed by atoms with Crippen molar-refractivity contribution < 1.29 is 4.92 Å². The zero-order valence-electron chi connectivity index (χ0n) is 11.3. The molecule has 1 aromatic heterocycles. The molecule has 106 valence electrons. The third-order valence-electron chi connectivity index (χ3n) is 3.07. The first kappa shape index (κ1) is 14.1. The van der Waals surface area contributed by atoms with Gasteiger partial charge in [0.2, 0.25) is 0 Å². The van der Waals surface area contributed by atoms with Crippen LogP contribution in [0.2, 0.25) is 0 Å². The van der Waals surface area contributed by atoms with Gasteiger partial charge in [-0.2, -0.15) is 0 Å². The Balaban J connectivity index is 2.17. The minimum Gasteiger partial charge on any atom is -0.330 e. The Kier molecular flexibility index (Phi) is 4.41. The number of benzene rings is 1. The van der Waals surface area contributed by atoms with Crippen LogP contribution in [0.4, 0.5) is 5.69 Å². The van der Waals surface area contributed by atoms with Crippen LogP contribution in [0.5, 0.6) is 0 Å². The molecule has 0 amide bonds. The maximum Gasteiger partial charge on any atom is 0.269 e. The third-order valence-corrected chi connectivity index (χ3v) is 3.07. The molecule has 0 saturated carbocycles. The summed E-state index contributed by atoms with van der Waals surface area (Å²) in [5, 5.41) is 18.9. The summed E-state index contributed by atoms with van der Waals surface area (Å²) in [5.74, 6) is 0. The number of rotatable bonds is 6. The summed E-state index contributed by atoms with van der Waals surface area (Å²) in [7, 11) is 0. The summed E-state index contributed by atoms with van der Waals surface area (Å²) in [6, 6.07) is 4.69. The molecule has 7 nitrogen and oxygen atoms in total. The SMILES string of the molecule is Cc1cc([N+](=O)[O-])ccc1-n1cc(CCCCN)nn1. The summed E-state index contributed by atoms with van der Waals surface area (Å²) >= 11 is 0. The molecule has 2 rings (SSSR count). The number of hydrogen-bond donors (Lipinski definition) is 1. The van der Waals surface area contributed by atoms with Crippen molar-refractivity contribution in [2.45, 2.75) is 26.2 Å². The largest absolute Gasteiger partial charge is 0.330 e. The molecule has 20 heavy (non-hydrogen) atoms. The first-order chi connectivity index (χ1) is 9.61. The second kappa shape index (κ2) is 6.25. The zero-order valence-corrected chi connectivity index (χ0v) is 11.3. The maximum absolute atomic E-state index is 10.7. The van der Waals surface area contributed by atoms with E-state index in [0.29, 0.717) is 6.54 Å². The lowest BCUT2D eigenvalue weighted by atomic mass is 10.2. The molecule has 0 unspecified atom stereocenters. The van der Waals surface area contributed by atoms with E-state index in [1.165, 1.54) is 12.1 Å². The minimum atomic E-state index is -0.406. The molecular formula is C13H17N5O2. The smallest absolute Gasteiger partial charge is 0.269 e. The summed E-state index contributed by atoms with van der Waals surface area (Å²) in [6.07, 6.45) is 4.63. The molecule has 0 aliphatic rings. The Labute approximate surface area is 116 Å². The Morgan fingerprint density at radius 1 is 1.40 bits per heavy atom. The van der Waals surface area contributed by atoms with Gasteiger partial charge in [0.1, 0.15) is 0 Å². The molecule has 2 aromatic rings. The van der Waals surface area contributed by atoms with Crippen LogP contribution in [0, 0.1) is 17.0 Å². The van der Waals surface area contributed by atoms with Crippen molar-refractivity contribution >= 4 is 5.69 Å². The van der Waals surface area contributed by atoms with E-state index >= 15 is 0 Å². The van der Waals surface area contributed by atoms with Crippen LogP contribution in [0.15, 0.2) is 24.4 Å². The lowest BCUT2D eigenvalue weighted by Crippen LogP contribution is -1.99. The molecule has 0 aliphatic heterocycles. The minimum absolute atomic E-state index is 0.0783. The molecule has 0 saturated heterocycles. The number of aryl methyl sites for hydroxylation is 2. The van der Waals surface area contributed by atoms with E-state index in [9.17, 15) is 10.1 Å². The standard InChI is InChI=1S/C13H17N5O2/c1-10-8-12(18(19)20)5-6-13(10)17-9-11(15-16-17)4-2-3-7-14/h5-6,8-9H,2-4,7,14H2,1H3. The van der Waals surface area contributed by atoms with Gasteiger partial charge in [0.15, 0.2) is 0 Å². The highest BCUT2D eigenvalue weighted by molar-refractivity contribution is 5.47. The number of nitro benzene ring substituents is 1. The summed E-state index contributed by atoms with van der Waals surface area (Å²) in [5.41, 5.74) is 8.02. The number of unbranched alkanes of at least 4 members (excludes halogenated alkanes) is 1. The van der Waals surface area contributed by atoms with E-state index in [1.54, 1.807) is 10.7 Å². The van der Waals surface area contributed by atoms with Gasteiger partial charge in [-0.15, -0.1) is 5.10 Å². The lowest BCUT2D eigenvalue weighted by Gasteiger charge is -2.04. The van der Waals surface area contributed by atoms with Gasteiger partial charge in [-0.3, -0.25) is 10.1 Å². The van der Waals surface area contributed by atoms with Crippen LogP contribution in [-0.2, 0) is 6.42 Å². The molecule has 0 radical (unpaired) electrons. The maximum atomic E-state index is 10.7. The Hall–Kier alpha value is -2.28. The second-order valence-electron chi connectivity index (χ2n) is 4.63. The van der Waals surface area contributed by atoms with E-state index < -0.39 is 4.92 Å². The van der Waals surface area contributed by atoms with E-state index in [0.717, 1.165) is 36.2 Å². The van der Waals surface area contributed by atoms with Crippen molar-refractivity contribution in [3.63, 3.8) is 0 Å². The van der Waals surface area contributed by atoms with Gasteiger partial charge in [0.25, 0.3) is 5.69 Å². The molecule has 7 heteroatoms. The van der Waals surface area contributed by atoms with E-state index in [2.05, 4.69) is 10.3 Å². The fraction of sp³-hybridized carbons (Fsp3) is 0.385. The molecule has 1 aromatic carbocycles. The predicted octanol–water partition coefficient (Wildman–Crippen LogP) is 1.77. The van der Waals surface area contributed by atoms with E-state index in [4.69, 9.17) is 5.73 Å². The number of nitrogens with zero attached hydrogens (tertiary/aromatic N) is 4. The van der Waals surface area contributed by atoms with Crippen molar-refractivity contribution in [3.8, 4) is 5.69 Å². The highest BCUT2D eigenvalue weighted by Crippen LogP contribution is 2.20. The predicted molar refractivity (Wildman–Crippen MR) is 74.7 cm³/mol. The topological polar surface area (TPSA) is 99.9 Å². The van der Waals surface area contributed by atoms with Crippen LogP contribution in [-0.4, -0.2) is 26.5 Å². The van der Waals surface area contributed by atoms with Crippen LogP contribution >= 0.6 is 0 Å². The fourth-order valence-electron chi connectivity index (χ4n) is 1.99. The Morgan fingerprint density at radius 3 is 2.85 bits per heavy atom. The van der Waals surface area contributed by atoms with Crippen LogP contribution < -0.4 is 5.73 Å². The molecule has 0 fully saturated rings. The van der Waals surface area contributed by atoms with Crippen molar-refractivity contribution in [2.24, 2.45) is 5.73 Å². The monoisotopic (exact) mass is 275 g/mol. The third kappa shape index (κ3) is 3.18. The number of aromatic nitrogens is 3. The average Bonchev–Trinajstić information content (AvgIpc) is 2.87. The number of non-ortho nitro benzene ring substituents is 1. The second-order valence-corrected chi connectivity index (χ2v) is 4.63. The van der Waals surface area contributed by atoms with Crippen molar-refractivity contribution in [1.82, 2.24) is 15.0 Å². The Bertz CT molecular complexity index is 609. The number of nitrogens with two attached hydrogens (primary N) is 1. The molecular weight excluding hydrogens is 258 g/mol. The summed E-state index contributed by atoms with van der Waals surface area (Å²) < 4.78 is 1.65. The van der Waals surface area contributed by atoms with Gasteiger partial charge >= 0.3 is 0 Å². The van der Waals surface area contributed by atoms with Crippen molar-refractivity contribution in [1.29, 1.82) is 0 Å². The van der Waals surface area contributed by atoms with E-state index in [1.807, 2.05) is 13.1 Å². The molecule has 0 spiro atoms. The Morgan fingerprint density at radius 2 is 2.20 bits per heavy atom. The normalized spacial score (nSPS) is 10.7. The summed E-state index contributed by atoms with van der Waals surface area (Å²) in [4.78, 5) is 10.3. The van der Waals surface area contributed by atoms with Gasteiger partial charge in [0.05, 0.1) is 22.5 Å². The molecule has 0 atom stereocenters. The number of hydrogen-bond acceptors (Lipinski definition) is 5. The first-order valence-corrected chi connectivity index (χ1v) is 6.48. The van der Waals surface area contributed by atoms with Gasteiger partial charge in [-0.05, 0) is 44.4 Å². The van der Waals surface area contributed by atoms with Gasteiger partial charge in [-0.1, -0.05) is 5.21 Å². The van der Waals surface area contributed by atoms with Gasteiger partial charge in [-0.25, -0.2) is 4.68 Å². The molecule has 0 bridgehead atoms. The summed E-state index contributed by atoms with van der Waals surface area (Å²) in [6.45, 7) is 2.49. The molecule has 0 aliphatic carbocycles. The fourth-order valence-corrected chi connectivity index (χ4v) is 1.99. The van der Waals surface area contributed by atoms with E-state index in [-0.39, 0.29) is 5.69 Å². The van der Waals surface area contributed by atoms with Crippen molar-refractivity contribution in [2.75, 3.05) is 6.54 Å².